The minimum atomic E-state index is -0.116. The number of carbonyl (C=O) groups excluding carboxylic acids is 1. The van der Waals surface area contributed by atoms with E-state index < -0.39 is 0 Å². The Balaban J connectivity index is 1.82. The zero-order valence-corrected chi connectivity index (χ0v) is 13.8. The van der Waals surface area contributed by atoms with Crippen molar-refractivity contribution in [1.82, 2.24) is 5.32 Å². The summed E-state index contributed by atoms with van der Waals surface area (Å²) < 4.78 is 0.517. The topological polar surface area (TPSA) is 29.1 Å². The summed E-state index contributed by atoms with van der Waals surface area (Å²) in [6.45, 7) is 2.15. The Morgan fingerprint density at radius 2 is 1.64 bits per heavy atom. The van der Waals surface area contributed by atoms with Gasteiger partial charge in [0.25, 0.3) is 5.91 Å². The summed E-state index contributed by atoms with van der Waals surface area (Å²) in [6, 6.07) is 16.8. The van der Waals surface area contributed by atoms with Crippen molar-refractivity contribution in [3.8, 4) is 11.1 Å². The molecule has 1 heterocycles. The third-order valence-electron chi connectivity index (χ3n) is 3.55. The van der Waals surface area contributed by atoms with Gasteiger partial charge in [-0.05, 0) is 34.8 Å². The van der Waals surface area contributed by atoms with Crippen LogP contribution in [0.15, 0.2) is 53.4 Å². The number of thiocarbonyl (C=S) groups is 1. The van der Waals surface area contributed by atoms with Crippen molar-refractivity contribution in [2.24, 2.45) is 0 Å². The van der Waals surface area contributed by atoms with E-state index in [0.29, 0.717) is 9.23 Å². The average Bonchev–Trinajstić information content (AvgIpc) is 2.86. The summed E-state index contributed by atoms with van der Waals surface area (Å²) in [6.07, 6.45) is 2.91. The molecule has 1 aliphatic rings. The second kappa shape index (κ2) is 6.46. The number of hydrogen-bond acceptors (Lipinski definition) is 3. The predicted octanol–water partition coefficient (Wildman–Crippen LogP) is 4.40. The van der Waals surface area contributed by atoms with Gasteiger partial charge in [-0.3, -0.25) is 4.79 Å². The molecule has 0 saturated carbocycles. The maximum atomic E-state index is 11.7. The number of benzene rings is 2. The predicted molar refractivity (Wildman–Crippen MR) is 97.6 cm³/mol. The molecule has 3 rings (SSSR count). The van der Waals surface area contributed by atoms with Gasteiger partial charge in [-0.25, -0.2) is 0 Å². The first-order valence-electron chi connectivity index (χ1n) is 7.10. The second-order valence-electron chi connectivity index (χ2n) is 5.02. The molecule has 0 spiro atoms. The normalized spacial score (nSPS) is 16.1. The molecule has 110 valence electrons. The third-order valence-corrected chi connectivity index (χ3v) is 4.71. The summed E-state index contributed by atoms with van der Waals surface area (Å²) in [5, 5.41) is 2.62. The summed E-state index contributed by atoms with van der Waals surface area (Å²) in [7, 11) is 0. The largest absolute Gasteiger partial charge is 0.307 e. The molecule has 0 unspecified atom stereocenters. The van der Waals surface area contributed by atoms with Crippen molar-refractivity contribution in [2.45, 2.75) is 13.3 Å². The van der Waals surface area contributed by atoms with Crippen LogP contribution in [0.4, 0.5) is 0 Å². The van der Waals surface area contributed by atoms with Gasteiger partial charge >= 0.3 is 0 Å². The SMILES string of the molecule is CCc1ccc(-c2ccc(/C=C3/SC(=S)NC3=O)cc2)cc1. The van der Waals surface area contributed by atoms with Crippen LogP contribution in [-0.4, -0.2) is 10.2 Å². The molecular weight excluding hydrogens is 310 g/mol. The molecule has 1 saturated heterocycles. The van der Waals surface area contributed by atoms with Gasteiger partial charge < -0.3 is 5.32 Å². The standard InChI is InChI=1S/C18H15NOS2/c1-2-12-3-7-14(8-4-12)15-9-5-13(6-10-15)11-16-17(20)19-18(21)22-16/h3-11H,2H2,1H3,(H,19,20,21)/b16-11+. The van der Waals surface area contributed by atoms with Gasteiger partial charge in [-0.2, -0.15) is 0 Å². The van der Waals surface area contributed by atoms with E-state index >= 15 is 0 Å². The quantitative estimate of drug-likeness (QED) is 0.670. The minimum Gasteiger partial charge on any atom is -0.307 e. The molecule has 2 nitrogen and oxygen atoms in total. The Bertz CT molecular complexity index is 746. The summed E-state index contributed by atoms with van der Waals surface area (Å²) in [4.78, 5) is 12.3. The van der Waals surface area contributed by atoms with Crippen LogP contribution < -0.4 is 5.32 Å². The zero-order valence-electron chi connectivity index (χ0n) is 12.1. The van der Waals surface area contributed by atoms with Gasteiger partial charge in [0.05, 0.1) is 4.91 Å². The van der Waals surface area contributed by atoms with Gasteiger partial charge in [-0.1, -0.05) is 79.4 Å². The number of nitrogens with one attached hydrogen (secondary N) is 1. The highest BCUT2D eigenvalue weighted by atomic mass is 32.2. The van der Waals surface area contributed by atoms with Crippen LogP contribution in [0.25, 0.3) is 17.2 Å². The Labute approximate surface area is 139 Å². The van der Waals surface area contributed by atoms with E-state index in [0.717, 1.165) is 12.0 Å². The number of aryl methyl sites for hydroxylation is 1. The van der Waals surface area contributed by atoms with E-state index in [1.165, 1.54) is 28.5 Å². The fourth-order valence-electron chi connectivity index (χ4n) is 2.28. The monoisotopic (exact) mass is 325 g/mol. The fraction of sp³-hybridized carbons (Fsp3) is 0.111. The minimum absolute atomic E-state index is 0.116. The Hall–Kier alpha value is -1.91. The smallest absolute Gasteiger partial charge is 0.263 e. The van der Waals surface area contributed by atoms with E-state index in [-0.39, 0.29) is 5.91 Å². The molecule has 0 atom stereocenters. The number of rotatable bonds is 3. The maximum absolute atomic E-state index is 11.7. The van der Waals surface area contributed by atoms with Crippen molar-refractivity contribution in [3.05, 3.63) is 64.6 Å². The number of thioether (sulfide) groups is 1. The van der Waals surface area contributed by atoms with Crippen molar-refractivity contribution in [2.75, 3.05) is 0 Å². The second-order valence-corrected chi connectivity index (χ2v) is 6.74. The van der Waals surface area contributed by atoms with Crippen molar-refractivity contribution < 1.29 is 4.79 Å². The highest BCUT2D eigenvalue weighted by Crippen LogP contribution is 2.27. The van der Waals surface area contributed by atoms with Crippen molar-refractivity contribution in [3.63, 3.8) is 0 Å². The Kier molecular flexibility index (Phi) is 4.41. The van der Waals surface area contributed by atoms with Crippen molar-refractivity contribution >= 4 is 40.3 Å². The molecule has 0 aromatic heterocycles. The fourth-order valence-corrected chi connectivity index (χ4v) is 3.32. The third kappa shape index (κ3) is 3.29. The molecule has 2 aromatic rings. The molecule has 0 aliphatic carbocycles. The van der Waals surface area contributed by atoms with Crippen molar-refractivity contribution in [1.29, 1.82) is 0 Å². The first kappa shape index (κ1) is 15.0. The number of carbonyl (C=O) groups is 1. The zero-order chi connectivity index (χ0) is 15.5. The summed E-state index contributed by atoms with van der Waals surface area (Å²) in [5.74, 6) is -0.116. The Morgan fingerprint density at radius 3 is 2.14 bits per heavy atom. The van der Waals surface area contributed by atoms with E-state index in [2.05, 4.69) is 48.6 Å². The molecule has 1 amide bonds. The molecule has 0 bridgehead atoms. The van der Waals surface area contributed by atoms with Crippen LogP contribution in [-0.2, 0) is 11.2 Å². The van der Waals surface area contributed by atoms with Crippen LogP contribution in [0.3, 0.4) is 0 Å². The number of hydrogen-bond donors (Lipinski definition) is 1. The molecule has 1 fully saturated rings. The van der Waals surface area contributed by atoms with Gasteiger partial charge in [0, 0.05) is 0 Å². The van der Waals surface area contributed by atoms with Gasteiger partial charge in [-0.15, -0.1) is 0 Å². The van der Waals surface area contributed by atoms with Crippen LogP contribution in [0.5, 0.6) is 0 Å². The van der Waals surface area contributed by atoms with E-state index in [1.807, 2.05) is 18.2 Å². The molecule has 22 heavy (non-hydrogen) atoms. The Morgan fingerprint density at radius 1 is 1.05 bits per heavy atom. The molecule has 4 heteroatoms. The van der Waals surface area contributed by atoms with Crippen LogP contribution in [0, 0.1) is 0 Å². The maximum Gasteiger partial charge on any atom is 0.263 e. The molecule has 0 radical (unpaired) electrons. The van der Waals surface area contributed by atoms with Crippen LogP contribution >= 0.6 is 24.0 Å². The van der Waals surface area contributed by atoms with Gasteiger partial charge in [0.15, 0.2) is 0 Å². The lowest BCUT2D eigenvalue weighted by atomic mass is 10.0. The van der Waals surface area contributed by atoms with E-state index in [9.17, 15) is 4.79 Å². The summed E-state index contributed by atoms with van der Waals surface area (Å²) >= 11 is 6.29. The first-order valence-corrected chi connectivity index (χ1v) is 8.32. The van der Waals surface area contributed by atoms with Crippen LogP contribution in [0.2, 0.25) is 0 Å². The molecule has 1 aliphatic heterocycles. The van der Waals surface area contributed by atoms with E-state index in [1.54, 1.807) is 0 Å². The molecule has 2 aromatic carbocycles. The van der Waals surface area contributed by atoms with Crippen LogP contribution in [0.1, 0.15) is 18.1 Å². The van der Waals surface area contributed by atoms with Gasteiger partial charge in [0.1, 0.15) is 4.32 Å². The lowest BCUT2D eigenvalue weighted by Gasteiger charge is -2.04. The molecular formula is C18H15NOS2. The first-order chi connectivity index (χ1) is 10.7. The lowest BCUT2D eigenvalue weighted by molar-refractivity contribution is -0.115. The number of amides is 1. The summed E-state index contributed by atoms with van der Waals surface area (Å²) in [5.41, 5.74) is 4.70. The lowest BCUT2D eigenvalue weighted by Crippen LogP contribution is -2.17. The highest BCUT2D eigenvalue weighted by Gasteiger charge is 2.21. The van der Waals surface area contributed by atoms with Gasteiger partial charge in [0.2, 0.25) is 0 Å². The van der Waals surface area contributed by atoms with E-state index in [4.69, 9.17) is 12.2 Å². The average molecular weight is 325 g/mol. The highest BCUT2D eigenvalue weighted by molar-refractivity contribution is 8.26. The molecule has 1 N–H and O–H groups in total.